The van der Waals surface area contributed by atoms with E-state index in [0.717, 1.165) is 33.4 Å². The van der Waals surface area contributed by atoms with Crippen LogP contribution in [0.15, 0.2) is 6.20 Å². The van der Waals surface area contributed by atoms with E-state index in [0.29, 0.717) is 11.7 Å². The quantitative estimate of drug-likeness (QED) is 0.741. The van der Waals surface area contributed by atoms with Gasteiger partial charge in [-0.15, -0.1) is 10.2 Å². The lowest BCUT2D eigenvalue weighted by molar-refractivity contribution is 0.392. The summed E-state index contributed by atoms with van der Waals surface area (Å²) < 4.78 is 7.33. The van der Waals surface area contributed by atoms with E-state index in [-0.39, 0.29) is 0 Å². The van der Waals surface area contributed by atoms with Crippen LogP contribution in [0.2, 0.25) is 0 Å². The van der Waals surface area contributed by atoms with Gasteiger partial charge in [-0.2, -0.15) is 4.98 Å². The van der Waals surface area contributed by atoms with Gasteiger partial charge in [-0.25, -0.2) is 4.98 Å². The van der Waals surface area contributed by atoms with Crippen molar-refractivity contribution in [3.05, 3.63) is 22.5 Å². The van der Waals surface area contributed by atoms with Crippen molar-refractivity contribution in [2.45, 2.75) is 27.2 Å². The van der Waals surface area contributed by atoms with Gasteiger partial charge in [0, 0.05) is 17.5 Å². The molecule has 0 radical (unpaired) electrons. The van der Waals surface area contributed by atoms with Crippen molar-refractivity contribution in [2.75, 3.05) is 7.11 Å². The molecule has 7 heteroatoms. The van der Waals surface area contributed by atoms with Crippen LogP contribution in [0, 0.1) is 13.8 Å². The Hall–Kier alpha value is -2.02. The molecule has 0 N–H and O–H groups in total. The molecule has 104 valence electrons. The summed E-state index contributed by atoms with van der Waals surface area (Å²) in [5.41, 5.74) is 2.98. The highest BCUT2D eigenvalue weighted by atomic mass is 32.1. The number of aryl methyl sites for hydroxylation is 2. The zero-order valence-corrected chi connectivity index (χ0v) is 12.7. The van der Waals surface area contributed by atoms with Crippen molar-refractivity contribution < 1.29 is 4.74 Å². The monoisotopic (exact) mass is 289 g/mol. The second-order valence-corrected chi connectivity index (χ2v) is 5.64. The Morgan fingerprint density at radius 3 is 2.65 bits per heavy atom. The number of hydrogen-bond acceptors (Lipinski definition) is 6. The molecule has 0 saturated carbocycles. The average Bonchev–Trinajstić information content (AvgIpc) is 3.04. The molecular formula is C13H15N5OS. The molecule has 6 nitrogen and oxygen atoms in total. The van der Waals surface area contributed by atoms with Gasteiger partial charge in [-0.05, 0) is 20.3 Å². The number of aromatic nitrogens is 5. The van der Waals surface area contributed by atoms with Crippen molar-refractivity contribution in [3.8, 4) is 16.6 Å². The lowest BCUT2D eigenvalue weighted by Crippen LogP contribution is -2.03. The largest absolute Gasteiger partial charge is 0.481 e. The van der Waals surface area contributed by atoms with Crippen LogP contribution in [0.4, 0.5) is 0 Å². The maximum Gasteiger partial charge on any atom is 0.237 e. The van der Waals surface area contributed by atoms with Crippen LogP contribution in [-0.4, -0.2) is 31.7 Å². The normalized spacial score (nSPS) is 11.2. The van der Waals surface area contributed by atoms with Gasteiger partial charge in [-0.1, -0.05) is 18.3 Å². The van der Waals surface area contributed by atoms with E-state index in [4.69, 9.17) is 4.74 Å². The van der Waals surface area contributed by atoms with Gasteiger partial charge >= 0.3 is 0 Å². The smallest absolute Gasteiger partial charge is 0.237 e. The topological polar surface area (TPSA) is 65.2 Å². The Balaban J connectivity index is 2.23. The standard InChI is InChI=1S/C13H15N5OS/c1-5-9-7(2)18-6-10(12-17-16-8(3)20-12)14-13(18)15-11(9)19-4/h6H,5H2,1-4H3. The molecule has 0 saturated heterocycles. The van der Waals surface area contributed by atoms with Crippen LogP contribution in [0.1, 0.15) is 23.2 Å². The maximum atomic E-state index is 5.35. The molecule has 3 heterocycles. The first-order chi connectivity index (χ1) is 9.63. The highest BCUT2D eigenvalue weighted by molar-refractivity contribution is 7.14. The van der Waals surface area contributed by atoms with E-state index in [1.54, 1.807) is 7.11 Å². The summed E-state index contributed by atoms with van der Waals surface area (Å²) in [5.74, 6) is 1.27. The minimum absolute atomic E-state index is 0.624. The first-order valence-corrected chi connectivity index (χ1v) is 7.18. The third-order valence-corrected chi connectivity index (χ3v) is 4.10. The lowest BCUT2D eigenvalue weighted by Gasteiger charge is -2.10. The van der Waals surface area contributed by atoms with Gasteiger partial charge in [-0.3, -0.25) is 4.40 Å². The van der Waals surface area contributed by atoms with Gasteiger partial charge in [0.25, 0.3) is 0 Å². The summed E-state index contributed by atoms with van der Waals surface area (Å²) in [5, 5.41) is 9.89. The van der Waals surface area contributed by atoms with E-state index in [2.05, 4.69) is 27.1 Å². The summed E-state index contributed by atoms with van der Waals surface area (Å²) >= 11 is 1.52. The fourth-order valence-corrected chi connectivity index (χ4v) is 2.88. The second-order valence-electron chi connectivity index (χ2n) is 4.46. The van der Waals surface area contributed by atoms with Crippen LogP contribution in [0.5, 0.6) is 5.88 Å². The number of ether oxygens (including phenoxy) is 1. The van der Waals surface area contributed by atoms with Crippen molar-refractivity contribution in [3.63, 3.8) is 0 Å². The van der Waals surface area contributed by atoms with Gasteiger partial charge < -0.3 is 4.74 Å². The average molecular weight is 289 g/mol. The van der Waals surface area contributed by atoms with E-state index < -0.39 is 0 Å². The Labute approximate surface area is 120 Å². The van der Waals surface area contributed by atoms with Crippen LogP contribution in [0.25, 0.3) is 16.5 Å². The minimum atomic E-state index is 0.624. The molecule has 3 aromatic rings. The zero-order chi connectivity index (χ0) is 14.3. The highest BCUT2D eigenvalue weighted by Gasteiger charge is 2.15. The number of methoxy groups -OCH3 is 1. The maximum absolute atomic E-state index is 5.35. The van der Waals surface area contributed by atoms with Crippen molar-refractivity contribution in [1.82, 2.24) is 24.6 Å². The molecule has 0 aliphatic carbocycles. The first kappa shape index (κ1) is 13.0. The first-order valence-electron chi connectivity index (χ1n) is 6.37. The molecular weight excluding hydrogens is 274 g/mol. The van der Waals surface area contributed by atoms with E-state index in [9.17, 15) is 0 Å². The Bertz CT molecular complexity index is 777. The summed E-state index contributed by atoms with van der Waals surface area (Å²) in [6, 6.07) is 0. The molecule has 3 rings (SSSR count). The molecule has 0 aliphatic rings. The summed E-state index contributed by atoms with van der Waals surface area (Å²) in [6.45, 7) is 6.07. The number of fused-ring (bicyclic) bond motifs is 1. The number of rotatable bonds is 3. The fraction of sp³-hybridized carbons (Fsp3) is 0.385. The van der Waals surface area contributed by atoms with E-state index in [1.165, 1.54) is 11.3 Å². The number of imidazole rings is 1. The Kier molecular flexibility index (Phi) is 3.13. The molecule has 0 unspecified atom stereocenters. The molecule has 0 aliphatic heterocycles. The SMILES string of the molecule is CCc1c(OC)nc2nc(-c3nnc(C)s3)cn2c1C. The summed E-state index contributed by atoms with van der Waals surface area (Å²) in [4.78, 5) is 8.99. The van der Waals surface area contributed by atoms with Crippen molar-refractivity contribution in [2.24, 2.45) is 0 Å². The van der Waals surface area contributed by atoms with Crippen molar-refractivity contribution in [1.29, 1.82) is 0 Å². The summed E-state index contributed by atoms with van der Waals surface area (Å²) in [6.07, 6.45) is 2.82. The highest BCUT2D eigenvalue weighted by Crippen LogP contribution is 2.26. The fourth-order valence-electron chi connectivity index (χ4n) is 2.23. The molecule has 0 atom stereocenters. The Morgan fingerprint density at radius 2 is 2.05 bits per heavy atom. The summed E-state index contributed by atoms with van der Waals surface area (Å²) in [7, 11) is 1.63. The predicted octanol–water partition coefficient (Wildman–Crippen LogP) is 2.44. The van der Waals surface area contributed by atoms with Gasteiger partial charge in [0.2, 0.25) is 11.7 Å². The number of hydrogen-bond donors (Lipinski definition) is 0. The van der Waals surface area contributed by atoms with Gasteiger partial charge in [0.1, 0.15) is 10.7 Å². The van der Waals surface area contributed by atoms with E-state index >= 15 is 0 Å². The third kappa shape index (κ3) is 1.94. The Morgan fingerprint density at radius 1 is 1.25 bits per heavy atom. The minimum Gasteiger partial charge on any atom is -0.481 e. The molecule has 0 fully saturated rings. The molecule has 3 aromatic heterocycles. The molecule has 20 heavy (non-hydrogen) atoms. The van der Waals surface area contributed by atoms with E-state index in [1.807, 2.05) is 24.4 Å². The predicted molar refractivity (Wildman–Crippen MR) is 77.3 cm³/mol. The van der Waals surface area contributed by atoms with Gasteiger partial charge in [0.15, 0.2) is 5.01 Å². The van der Waals surface area contributed by atoms with Gasteiger partial charge in [0.05, 0.1) is 7.11 Å². The molecule has 0 bridgehead atoms. The zero-order valence-electron chi connectivity index (χ0n) is 11.8. The van der Waals surface area contributed by atoms with Crippen LogP contribution < -0.4 is 4.74 Å². The van der Waals surface area contributed by atoms with Crippen molar-refractivity contribution >= 4 is 17.1 Å². The molecule has 0 aromatic carbocycles. The van der Waals surface area contributed by atoms with Crippen LogP contribution >= 0.6 is 11.3 Å². The van der Waals surface area contributed by atoms with Crippen LogP contribution in [-0.2, 0) is 6.42 Å². The second kappa shape index (κ2) is 4.82. The number of nitrogens with zero attached hydrogens (tertiary/aromatic N) is 5. The molecule has 0 spiro atoms. The lowest BCUT2D eigenvalue weighted by atomic mass is 10.2. The third-order valence-electron chi connectivity index (χ3n) is 3.24. The molecule has 0 amide bonds. The van der Waals surface area contributed by atoms with Crippen LogP contribution in [0.3, 0.4) is 0 Å².